The van der Waals surface area contributed by atoms with Gasteiger partial charge in [-0.2, -0.15) is 0 Å². The molecule has 1 aliphatic rings. The Labute approximate surface area is 134 Å². The quantitative estimate of drug-likeness (QED) is 0.263. The number of alkyl halides is 12. The molecular formula is C6Cl2F10Te2. The van der Waals surface area contributed by atoms with Gasteiger partial charge in [-0.1, -0.05) is 0 Å². The van der Waals surface area contributed by atoms with Gasteiger partial charge in [0.15, 0.2) is 0 Å². The van der Waals surface area contributed by atoms with E-state index in [0.717, 1.165) is 0 Å². The zero-order chi connectivity index (χ0) is 16.4. The van der Waals surface area contributed by atoms with Gasteiger partial charge in [-0.05, 0) is 0 Å². The molecule has 0 radical (unpaired) electrons. The van der Waals surface area contributed by atoms with Gasteiger partial charge in [-0.25, -0.2) is 0 Å². The average Bonchev–Trinajstić information content (AvgIpc) is 2.10. The third-order valence-corrected chi connectivity index (χ3v) is 16.8. The van der Waals surface area contributed by atoms with Crippen molar-refractivity contribution in [3.05, 3.63) is 0 Å². The minimum absolute atomic E-state index is 3.38. The van der Waals surface area contributed by atoms with E-state index < -0.39 is 68.0 Å². The summed E-state index contributed by atoms with van der Waals surface area (Å²) in [5.74, 6) is -11.1. The molecule has 0 aromatic rings. The van der Waals surface area contributed by atoms with Crippen LogP contribution < -0.4 is 0 Å². The molecule has 1 rings (SSSR count). The Hall–Kier alpha value is 1.46. The van der Waals surface area contributed by atoms with E-state index in [2.05, 4.69) is 0 Å². The molecule has 1 aliphatic heterocycles. The third kappa shape index (κ3) is 2.71. The topological polar surface area (TPSA) is 0 Å². The fourth-order valence-corrected chi connectivity index (χ4v) is 21.4. The van der Waals surface area contributed by atoms with E-state index in [1.165, 1.54) is 0 Å². The number of hydrogen-bond donors (Lipinski definition) is 0. The predicted molar refractivity (Wildman–Crippen MR) is 50.7 cm³/mol. The molecule has 0 nitrogen and oxygen atoms in total. The van der Waals surface area contributed by atoms with Crippen LogP contribution in [0.15, 0.2) is 0 Å². The van der Waals surface area contributed by atoms with Crippen LogP contribution >= 0.6 is 23.2 Å². The summed E-state index contributed by atoms with van der Waals surface area (Å²) in [6.07, 6.45) is -12.3. The summed E-state index contributed by atoms with van der Waals surface area (Å²) < 4.78 is 118. The molecule has 0 amide bonds. The fraction of sp³-hybridized carbons (Fsp3) is 1.00. The Bertz CT molecular complexity index is 360. The van der Waals surface area contributed by atoms with Gasteiger partial charge in [0.1, 0.15) is 0 Å². The van der Waals surface area contributed by atoms with Crippen LogP contribution in [0.4, 0.5) is 43.9 Å². The van der Waals surface area contributed by atoms with Gasteiger partial charge < -0.3 is 0 Å². The summed E-state index contributed by atoms with van der Waals surface area (Å²) in [6.45, 7) is 0. The van der Waals surface area contributed by atoms with Crippen molar-refractivity contribution >= 4 is 65.0 Å². The zero-order valence-electron chi connectivity index (χ0n) is 8.35. The second-order valence-corrected chi connectivity index (χ2v) is 20.5. The summed E-state index contributed by atoms with van der Waals surface area (Å²) in [5, 5.41) is 0. The second kappa shape index (κ2) is 4.98. The van der Waals surface area contributed by atoms with Crippen molar-refractivity contribution in [2.75, 3.05) is 0 Å². The summed E-state index contributed by atoms with van der Waals surface area (Å²) in [5.41, 5.74) is 0. The summed E-state index contributed by atoms with van der Waals surface area (Å²) >= 11 is 3.20. The third-order valence-electron chi connectivity index (χ3n) is 1.99. The van der Waals surface area contributed by atoms with Crippen LogP contribution in [0, 0.1) is 0 Å². The van der Waals surface area contributed by atoms with Crippen molar-refractivity contribution < 1.29 is 43.9 Å². The predicted octanol–water partition coefficient (Wildman–Crippen LogP) is 3.59. The van der Waals surface area contributed by atoms with E-state index in [9.17, 15) is 43.9 Å². The normalized spacial score (nSPS) is 33.0. The molecule has 0 aromatic carbocycles. The van der Waals surface area contributed by atoms with Gasteiger partial charge in [0, 0.05) is 0 Å². The fourth-order valence-electron chi connectivity index (χ4n) is 0.940. The average molecular weight is 588 g/mol. The van der Waals surface area contributed by atoms with E-state index in [4.69, 9.17) is 23.2 Å². The van der Waals surface area contributed by atoms with E-state index in [-0.39, 0.29) is 0 Å². The molecule has 20 heavy (non-hydrogen) atoms. The molecular weight excluding hydrogens is 588 g/mol. The van der Waals surface area contributed by atoms with Gasteiger partial charge in [0.25, 0.3) is 0 Å². The van der Waals surface area contributed by atoms with Crippen LogP contribution in [-0.4, -0.2) is 68.0 Å². The molecule has 1 fully saturated rings. The minimum atomic E-state index is -6.13. The van der Waals surface area contributed by atoms with Gasteiger partial charge in [0.2, 0.25) is 0 Å². The molecule has 0 saturated carbocycles. The van der Waals surface area contributed by atoms with Crippen LogP contribution in [0.1, 0.15) is 0 Å². The molecule has 0 N–H and O–H groups in total. The molecule has 0 bridgehead atoms. The SMILES string of the molecule is FC(F)(F)C(F)(F)C1(Cl)[Te]C(Cl)(C(F)(F)C(F)(F)F)[Te]1. The van der Waals surface area contributed by atoms with Crippen molar-refractivity contribution in [3.8, 4) is 0 Å². The van der Waals surface area contributed by atoms with Crippen molar-refractivity contribution in [2.45, 2.75) is 26.1 Å². The van der Waals surface area contributed by atoms with Gasteiger partial charge >= 0.3 is 135 Å². The number of hydrogen-bond acceptors (Lipinski definition) is 0. The van der Waals surface area contributed by atoms with E-state index in [1.807, 2.05) is 0 Å². The van der Waals surface area contributed by atoms with E-state index in [0.29, 0.717) is 0 Å². The second-order valence-electron chi connectivity index (χ2n) is 3.42. The molecule has 1 heterocycles. The van der Waals surface area contributed by atoms with Gasteiger partial charge in [-0.15, -0.1) is 0 Å². The molecule has 1 saturated heterocycles. The molecule has 14 heteroatoms. The summed E-state index contributed by atoms with van der Waals surface area (Å²) in [7, 11) is 0. The Morgan fingerprint density at radius 3 is 0.900 bits per heavy atom. The Morgan fingerprint density at radius 1 is 0.550 bits per heavy atom. The Balaban J connectivity index is 3.05. The van der Waals surface area contributed by atoms with Crippen LogP contribution in [0.2, 0.25) is 0 Å². The van der Waals surface area contributed by atoms with Gasteiger partial charge in [-0.3, -0.25) is 0 Å². The molecule has 0 atom stereocenters. The van der Waals surface area contributed by atoms with Crippen LogP contribution in [-0.2, 0) is 0 Å². The van der Waals surface area contributed by atoms with Crippen molar-refractivity contribution in [1.82, 2.24) is 0 Å². The maximum atomic E-state index is 13.0. The first-order valence-electron chi connectivity index (χ1n) is 4.08. The first kappa shape index (κ1) is 19.5. The van der Waals surface area contributed by atoms with Crippen LogP contribution in [0.25, 0.3) is 0 Å². The van der Waals surface area contributed by atoms with Gasteiger partial charge in [0.05, 0.1) is 0 Å². The Kier molecular flexibility index (Phi) is 4.85. The zero-order valence-corrected chi connectivity index (χ0v) is 14.5. The monoisotopic (exact) mass is 592 g/mol. The molecule has 0 unspecified atom stereocenters. The van der Waals surface area contributed by atoms with Crippen LogP contribution in [0.3, 0.4) is 0 Å². The first-order chi connectivity index (χ1) is 8.41. The summed E-state index contributed by atoms with van der Waals surface area (Å²) in [6, 6.07) is 0. The van der Waals surface area contributed by atoms with E-state index in [1.54, 1.807) is 0 Å². The van der Waals surface area contributed by atoms with Crippen molar-refractivity contribution in [1.29, 1.82) is 0 Å². The molecule has 0 spiro atoms. The van der Waals surface area contributed by atoms with E-state index >= 15 is 0 Å². The van der Waals surface area contributed by atoms with Crippen molar-refractivity contribution in [2.24, 2.45) is 0 Å². The first-order valence-corrected chi connectivity index (χ1v) is 9.50. The molecule has 0 aliphatic carbocycles. The maximum absolute atomic E-state index is 13.0. The van der Waals surface area contributed by atoms with Crippen molar-refractivity contribution in [3.63, 3.8) is 0 Å². The van der Waals surface area contributed by atoms with Crippen LogP contribution in [0.5, 0.6) is 0 Å². The molecule has 0 aromatic heterocycles. The Morgan fingerprint density at radius 2 is 0.750 bits per heavy atom. The summed E-state index contributed by atoms with van der Waals surface area (Å²) in [4.78, 5) is 0. The molecule has 120 valence electrons. The standard InChI is InChI=1S/C6Cl2F10Te2/c7-3(1(9,10)5(13,14)15)19-4(8,20-3)2(11,12)6(16,17)18. The number of halogens is 12. The number of rotatable bonds is 2.